The maximum Gasteiger partial charge on any atom is 0.106 e. The Bertz CT molecular complexity index is 373. The Hall–Kier alpha value is -0.830. The van der Waals surface area contributed by atoms with Gasteiger partial charge in [0.1, 0.15) is 5.82 Å². The average molecular weight is 233 g/mol. The van der Waals surface area contributed by atoms with E-state index in [4.69, 9.17) is 4.98 Å². The van der Waals surface area contributed by atoms with Crippen molar-refractivity contribution < 1.29 is 0 Å². The van der Waals surface area contributed by atoms with E-state index in [-0.39, 0.29) is 0 Å². The number of hydrogen-bond acceptors (Lipinski definition) is 2. The Morgan fingerprint density at radius 1 is 1.29 bits per heavy atom. The minimum atomic E-state index is 0.777. The van der Waals surface area contributed by atoms with Crippen LogP contribution in [0, 0.1) is 5.92 Å². The van der Waals surface area contributed by atoms with Crippen LogP contribution >= 0.6 is 0 Å². The quantitative estimate of drug-likeness (QED) is 0.838. The smallest absolute Gasteiger partial charge is 0.106 e. The Labute approximate surface area is 103 Å². The fourth-order valence-electron chi connectivity index (χ4n) is 2.91. The van der Waals surface area contributed by atoms with E-state index >= 15 is 0 Å². The Morgan fingerprint density at radius 3 is 2.82 bits per heavy atom. The van der Waals surface area contributed by atoms with E-state index < -0.39 is 0 Å². The molecule has 17 heavy (non-hydrogen) atoms. The van der Waals surface area contributed by atoms with Gasteiger partial charge >= 0.3 is 0 Å². The summed E-state index contributed by atoms with van der Waals surface area (Å²) in [6, 6.07) is 0. The standard InChI is InChI=1S/C14H23N3/c1-2-12-14(11-5-6-11)17-13(16-12)8-10-4-3-7-15-9-10/h10-11,15H,2-9H2,1H3,(H,16,17). The molecule has 1 aromatic heterocycles. The van der Waals surface area contributed by atoms with Gasteiger partial charge in [-0.2, -0.15) is 0 Å². The molecule has 2 fully saturated rings. The fraction of sp³-hybridized carbons (Fsp3) is 0.786. The van der Waals surface area contributed by atoms with Gasteiger partial charge in [0.25, 0.3) is 0 Å². The molecule has 2 heterocycles. The van der Waals surface area contributed by atoms with Crippen LogP contribution in [0.25, 0.3) is 0 Å². The SMILES string of the molecule is CCc1[nH]c(CC2CCCNC2)nc1C1CC1. The van der Waals surface area contributed by atoms with Crippen LogP contribution in [0.1, 0.15) is 55.7 Å². The fourth-order valence-corrected chi connectivity index (χ4v) is 2.91. The first kappa shape index (κ1) is 11.3. The Morgan fingerprint density at radius 2 is 2.18 bits per heavy atom. The third kappa shape index (κ3) is 2.54. The molecule has 94 valence electrons. The molecule has 0 bridgehead atoms. The van der Waals surface area contributed by atoms with E-state index in [1.54, 1.807) is 0 Å². The highest BCUT2D eigenvalue weighted by Crippen LogP contribution is 2.40. The normalized spacial score (nSPS) is 25.1. The maximum absolute atomic E-state index is 4.85. The first-order chi connectivity index (χ1) is 8.36. The molecular weight excluding hydrogens is 210 g/mol. The van der Waals surface area contributed by atoms with E-state index in [9.17, 15) is 0 Å². The van der Waals surface area contributed by atoms with Crippen molar-refractivity contribution in [1.29, 1.82) is 0 Å². The van der Waals surface area contributed by atoms with Crippen molar-refractivity contribution in [1.82, 2.24) is 15.3 Å². The van der Waals surface area contributed by atoms with E-state index in [1.807, 2.05) is 0 Å². The summed E-state index contributed by atoms with van der Waals surface area (Å²) in [5, 5.41) is 3.48. The van der Waals surface area contributed by atoms with Gasteiger partial charge in [0.2, 0.25) is 0 Å². The van der Waals surface area contributed by atoms with Crippen molar-refractivity contribution in [3.05, 3.63) is 17.2 Å². The number of nitrogens with one attached hydrogen (secondary N) is 2. The summed E-state index contributed by atoms with van der Waals surface area (Å²) in [5.41, 5.74) is 2.78. The predicted octanol–water partition coefficient (Wildman–Crippen LogP) is 2.39. The van der Waals surface area contributed by atoms with Gasteiger partial charge in [0.05, 0.1) is 5.69 Å². The number of H-pyrrole nitrogens is 1. The largest absolute Gasteiger partial charge is 0.346 e. The lowest BCUT2D eigenvalue weighted by Crippen LogP contribution is -2.31. The van der Waals surface area contributed by atoms with Crippen molar-refractivity contribution >= 4 is 0 Å². The molecule has 3 heteroatoms. The van der Waals surface area contributed by atoms with Crippen molar-refractivity contribution in [2.75, 3.05) is 13.1 Å². The minimum Gasteiger partial charge on any atom is -0.346 e. The number of piperidine rings is 1. The van der Waals surface area contributed by atoms with Crippen LogP contribution in [0.15, 0.2) is 0 Å². The lowest BCUT2D eigenvalue weighted by atomic mass is 9.96. The van der Waals surface area contributed by atoms with Crippen LogP contribution < -0.4 is 5.32 Å². The van der Waals surface area contributed by atoms with Gasteiger partial charge in [0.15, 0.2) is 0 Å². The van der Waals surface area contributed by atoms with Gasteiger partial charge in [-0.15, -0.1) is 0 Å². The van der Waals surface area contributed by atoms with Gasteiger partial charge in [-0.25, -0.2) is 4.98 Å². The van der Waals surface area contributed by atoms with E-state index in [1.165, 1.54) is 56.0 Å². The average Bonchev–Trinajstić information content (AvgIpc) is 3.13. The van der Waals surface area contributed by atoms with Gasteiger partial charge < -0.3 is 10.3 Å². The Kier molecular flexibility index (Phi) is 3.19. The van der Waals surface area contributed by atoms with Crippen LogP contribution in [-0.2, 0) is 12.8 Å². The van der Waals surface area contributed by atoms with Crippen molar-refractivity contribution in [2.45, 2.75) is 51.4 Å². The summed E-state index contributed by atoms with van der Waals surface area (Å²) in [6.45, 7) is 4.59. The number of nitrogens with zero attached hydrogens (tertiary/aromatic N) is 1. The topological polar surface area (TPSA) is 40.7 Å². The minimum absolute atomic E-state index is 0.777. The third-order valence-electron chi connectivity index (χ3n) is 4.06. The summed E-state index contributed by atoms with van der Waals surface area (Å²) in [4.78, 5) is 8.42. The zero-order valence-corrected chi connectivity index (χ0v) is 10.8. The number of aromatic amines is 1. The number of aromatic nitrogens is 2. The zero-order chi connectivity index (χ0) is 11.7. The first-order valence-electron chi connectivity index (χ1n) is 7.15. The van der Waals surface area contributed by atoms with E-state index in [2.05, 4.69) is 17.2 Å². The molecule has 3 rings (SSSR count). The summed E-state index contributed by atoms with van der Waals surface area (Å²) >= 11 is 0. The lowest BCUT2D eigenvalue weighted by Gasteiger charge is -2.21. The molecule has 1 aliphatic carbocycles. The summed E-state index contributed by atoms with van der Waals surface area (Å²) in [7, 11) is 0. The molecule has 0 spiro atoms. The van der Waals surface area contributed by atoms with Crippen LogP contribution in [-0.4, -0.2) is 23.1 Å². The molecule has 1 saturated heterocycles. The molecular formula is C14H23N3. The molecule has 2 aliphatic rings. The van der Waals surface area contributed by atoms with Gasteiger partial charge in [0, 0.05) is 18.0 Å². The van der Waals surface area contributed by atoms with E-state index in [0.29, 0.717) is 0 Å². The molecule has 1 atom stereocenters. The van der Waals surface area contributed by atoms with Crippen LogP contribution in [0.4, 0.5) is 0 Å². The summed E-state index contributed by atoms with van der Waals surface area (Å²) in [5.74, 6) is 2.79. The highest BCUT2D eigenvalue weighted by molar-refractivity contribution is 5.23. The number of aryl methyl sites for hydroxylation is 1. The molecule has 1 saturated carbocycles. The highest BCUT2D eigenvalue weighted by atomic mass is 15.0. The Balaban J connectivity index is 1.69. The second-order valence-electron chi connectivity index (χ2n) is 5.59. The molecule has 1 aromatic rings. The predicted molar refractivity (Wildman–Crippen MR) is 69.2 cm³/mol. The molecule has 1 unspecified atom stereocenters. The molecule has 2 N–H and O–H groups in total. The zero-order valence-electron chi connectivity index (χ0n) is 10.8. The molecule has 1 aliphatic heterocycles. The summed E-state index contributed by atoms with van der Waals surface area (Å²) in [6.07, 6.45) is 7.61. The van der Waals surface area contributed by atoms with Crippen molar-refractivity contribution in [2.24, 2.45) is 5.92 Å². The van der Waals surface area contributed by atoms with Crippen molar-refractivity contribution in [3.63, 3.8) is 0 Å². The third-order valence-corrected chi connectivity index (χ3v) is 4.06. The van der Waals surface area contributed by atoms with Crippen molar-refractivity contribution in [3.8, 4) is 0 Å². The first-order valence-corrected chi connectivity index (χ1v) is 7.15. The van der Waals surface area contributed by atoms with Crippen LogP contribution in [0.2, 0.25) is 0 Å². The van der Waals surface area contributed by atoms with Gasteiger partial charge in [-0.1, -0.05) is 6.92 Å². The highest BCUT2D eigenvalue weighted by Gasteiger charge is 2.29. The van der Waals surface area contributed by atoms with Gasteiger partial charge in [-0.3, -0.25) is 0 Å². The van der Waals surface area contributed by atoms with Crippen LogP contribution in [0.5, 0.6) is 0 Å². The van der Waals surface area contributed by atoms with Gasteiger partial charge in [-0.05, 0) is 51.1 Å². The molecule has 3 nitrogen and oxygen atoms in total. The maximum atomic E-state index is 4.85. The molecule has 0 aromatic carbocycles. The van der Waals surface area contributed by atoms with E-state index in [0.717, 1.165) is 24.7 Å². The monoisotopic (exact) mass is 233 g/mol. The number of hydrogen-bond donors (Lipinski definition) is 2. The summed E-state index contributed by atoms with van der Waals surface area (Å²) < 4.78 is 0. The van der Waals surface area contributed by atoms with Crippen LogP contribution in [0.3, 0.4) is 0 Å². The second kappa shape index (κ2) is 4.81. The second-order valence-corrected chi connectivity index (χ2v) is 5.59. The molecule has 0 radical (unpaired) electrons. The molecule has 0 amide bonds. The number of imidazole rings is 1. The number of rotatable bonds is 4. The lowest BCUT2D eigenvalue weighted by molar-refractivity contribution is 0.371.